The molecule has 0 aliphatic heterocycles. The van der Waals surface area contributed by atoms with Crippen LogP contribution >= 0.6 is 0 Å². The van der Waals surface area contributed by atoms with Crippen molar-refractivity contribution < 1.29 is 4.92 Å². The molecule has 2 rings (SSSR count). The molecule has 0 spiro atoms. The summed E-state index contributed by atoms with van der Waals surface area (Å²) in [6, 6.07) is 4.25. The Morgan fingerprint density at radius 3 is 2.94 bits per heavy atom. The molecule has 0 aliphatic rings. The van der Waals surface area contributed by atoms with E-state index in [-0.39, 0.29) is 11.4 Å². The van der Waals surface area contributed by atoms with Crippen LogP contribution in [0.5, 0.6) is 0 Å². The first-order valence-corrected chi connectivity index (χ1v) is 4.39. The van der Waals surface area contributed by atoms with Crippen LogP contribution in [-0.4, -0.2) is 25.1 Å². The van der Waals surface area contributed by atoms with Crippen LogP contribution in [0, 0.1) is 21.6 Å². The number of hydrogen-bond acceptors (Lipinski definition) is 7. The minimum Gasteiger partial charge on any atom is -0.287 e. The summed E-state index contributed by atoms with van der Waals surface area (Å²) in [4.78, 5) is 10.2. The molecule has 0 saturated heterocycles. The summed E-state index contributed by atoms with van der Waals surface area (Å²) in [5, 5.41) is 32.0. The van der Waals surface area contributed by atoms with Gasteiger partial charge in [-0.1, -0.05) is 0 Å². The van der Waals surface area contributed by atoms with E-state index in [9.17, 15) is 10.1 Å². The van der Waals surface area contributed by atoms with Crippen LogP contribution in [0.15, 0.2) is 24.5 Å². The first-order chi connectivity index (χ1) is 8.22. The SMILES string of the molecule is N#CNc1ccc(-n2cnnn2)cc1[N+](=O)[O-]. The van der Waals surface area contributed by atoms with Crippen LogP contribution in [0.3, 0.4) is 0 Å². The molecule has 0 unspecified atom stereocenters. The quantitative estimate of drug-likeness (QED) is 0.352. The van der Waals surface area contributed by atoms with E-state index in [1.54, 1.807) is 12.3 Å². The van der Waals surface area contributed by atoms with E-state index in [1.165, 1.54) is 23.1 Å². The maximum atomic E-state index is 10.8. The van der Waals surface area contributed by atoms with Crippen LogP contribution in [0.2, 0.25) is 0 Å². The zero-order valence-corrected chi connectivity index (χ0v) is 8.31. The van der Waals surface area contributed by atoms with Gasteiger partial charge in [0.05, 0.1) is 10.6 Å². The molecule has 0 aliphatic carbocycles. The molecule has 0 saturated carbocycles. The summed E-state index contributed by atoms with van der Waals surface area (Å²) < 4.78 is 1.28. The predicted molar refractivity (Wildman–Crippen MR) is 55.0 cm³/mol. The highest BCUT2D eigenvalue weighted by Gasteiger charge is 2.15. The molecule has 1 N–H and O–H groups in total. The topological polar surface area (TPSA) is 123 Å². The molecular formula is C8H5N7O2. The first-order valence-electron chi connectivity index (χ1n) is 4.39. The van der Waals surface area contributed by atoms with Crippen LogP contribution in [0.1, 0.15) is 0 Å². The second-order valence-corrected chi connectivity index (χ2v) is 2.95. The van der Waals surface area contributed by atoms with Gasteiger partial charge < -0.3 is 0 Å². The van der Waals surface area contributed by atoms with Crippen molar-refractivity contribution >= 4 is 11.4 Å². The number of nitriles is 1. The third kappa shape index (κ3) is 2.00. The van der Waals surface area contributed by atoms with E-state index < -0.39 is 4.92 Å². The van der Waals surface area contributed by atoms with Crippen molar-refractivity contribution in [3.05, 3.63) is 34.6 Å². The number of rotatable bonds is 3. The Hall–Kier alpha value is -3.02. The minimum absolute atomic E-state index is 0.120. The lowest BCUT2D eigenvalue weighted by Crippen LogP contribution is -2.00. The largest absolute Gasteiger partial charge is 0.295 e. The van der Waals surface area contributed by atoms with E-state index in [0.717, 1.165) is 0 Å². The van der Waals surface area contributed by atoms with Crippen LogP contribution in [0.25, 0.3) is 5.69 Å². The number of benzene rings is 1. The van der Waals surface area contributed by atoms with Gasteiger partial charge >= 0.3 is 0 Å². The smallest absolute Gasteiger partial charge is 0.287 e. The first kappa shape index (κ1) is 10.5. The van der Waals surface area contributed by atoms with E-state index >= 15 is 0 Å². The number of anilines is 1. The van der Waals surface area contributed by atoms with Crippen LogP contribution in [0.4, 0.5) is 11.4 Å². The zero-order valence-electron chi connectivity index (χ0n) is 8.31. The van der Waals surface area contributed by atoms with E-state index in [0.29, 0.717) is 5.69 Å². The van der Waals surface area contributed by atoms with Gasteiger partial charge in [0.25, 0.3) is 5.69 Å². The van der Waals surface area contributed by atoms with Gasteiger partial charge in [-0.2, -0.15) is 5.26 Å². The molecule has 9 heteroatoms. The molecule has 2 aromatic rings. The monoisotopic (exact) mass is 231 g/mol. The Morgan fingerprint density at radius 2 is 2.35 bits per heavy atom. The molecule has 0 radical (unpaired) electrons. The average molecular weight is 231 g/mol. The molecule has 1 aromatic heterocycles. The van der Waals surface area contributed by atoms with Gasteiger partial charge in [-0.3, -0.25) is 15.4 Å². The molecule has 0 amide bonds. The molecule has 0 atom stereocenters. The number of aromatic nitrogens is 4. The zero-order chi connectivity index (χ0) is 12.3. The molecular weight excluding hydrogens is 226 g/mol. The van der Waals surface area contributed by atoms with E-state index in [4.69, 9.17) is 5.26 Å². The maximum absolute atomic E-state index is 10.8. The second kappa shape index (κ2) is 4.23. The van der Waals surface area contributed by atoms with Gasteiger partial charge in [-0.15, -0.1) is 5.10 Å². The molecule has 17 heavy (non-hydrogen) atoms. The van der Waals surface area contributed by atoms with Crippen molar-refractivity contribution in [1.29, 1.82) is 5.26 Å². The minimum atomic E-state index is -0.590. The lowest BCUT2D eigenvalue weighted by Gasteiger charge is -2.02. The number of nitrogens with one attached hydrogen (secondary N) is 1. The number of hydrogen-bond donors (Lipinski definition) is 1. The third-order valence-corrected chi connectivity index (χ3v) is 1.98. The Labute approximate surface area is 94.4 Å². The normalized spacial score (nSPS) is 9.59. The van der Waals surface area contributed by atoms with Gasteiger partial charge in [0, 0.05) is 6.07 Å². The van der Waals surface area contributed by atoms with Gasteiger partial charge in [-0.25, -0.2) is 4.68 Å². The highest BCUT2D eigenvalue weighted by Crippen LogP contribution is 2.26. The standard InChI is InChI=1S/C8H5N7O2/c9-4-10-7-2-1-6(3-8(7)15(16)17)14-5-11-12-13-14/h1-3,5,10H. The summed E-state index contributed by atoms with van der Waals surface area (Å²) in [6.07, 6.45) is 2.95. The lowest BCUT2D eigenvalue weighted by atomic mass is 10.2. The molecule has 1 aromatic carbocycles. The fourth-order valence-electron chi connectivity index (χ4n) is 1.26. The summed E-state index contributed by atoms with van der Waals surface area (Å²) in [7, 11) is 0. The van der Waals surface area contributed by atoms with Crippen molar-refractivity contribution in [2.75, 3.05) is 5.32 Å². The predicted octanol–water partition coefficient (Wildman–Crippen LogP) is 0.463. The summed E-state index contributed by atoms with van der Waals surface area (Å²) in [6.45, 7) is 0. The third-order valence-electron chi connectivity index (χ3n) is 1.98. The molecule has 84 valence electrons. The van der Waals surface area contributed by atoms with Crippen molar-refractivity contribution in [2.24, 2.45) is 0 Å². The fraction of sp³-hybridized carbons (Fsp3) is 0. The van der Waals surface area contributed by atoms with E-state index in [2.05, 4.69) is 20.8 Å². The Balaban J connectivity index is 2.50. The number of nitrogens with zero attached hydrogens (tertiary/aromatic N) is 6. The van der Waals surface area contributed by atoms with Crippen molar-refractivity contribution in [1.82, 2.24) is 20.2 Å². The summed E-state index contributed by atoms with van der Waals surface area (Å²) in [5.41, 5.74) is 0.332. The van der Waals surface area contributed by atoms with Crippen LogP contribution < -0.4 is 5.32 Å². The number of tetrazole rings is 1. The highest BCUT2D eigenvalue weighted by atomic mass is 16.6. The van der Waals surface area contributed by atoms with Gasteiger partial charge in [0.1, 0.15) is 12.0 Å². The van der Waals surface area contributed by atoms with Gasteiger partial charge in [-0.05, 0) is 22.6 Å². The molecule has 0 fully saturated rings. The van der Waals surface area contributed by atoms with Gasteiger partial charge in [0.15, 0.2) is 6.19 Å². The average Bonchev–Trinajstić information content (AvgIpc) is 2.83. The molecule has 9 nitrogen and oxygen atoms in total. The van der Waals surface area contributed by atoms with E-state index in [1.807, 2.05) is 0 Å². The second-order valence-electron chi connectivity index (χ2n) is 2.95. The summed E-state index contributed by atoms with van der Waals surface area (Å²) in [5.74, 6) is 0. The fourth-order valence-corrected chi connectivity index (χ4v) is 1.26. The van der Waals surface area contributed by atoms with Crippen LogP contribution in [-0.2, 0) is 0 Å². The molecule has 0 bridgehead atoms. The molecule has 1 heterocycles. The van der Waals surface area contributed by atoms with Crippen molar-refractivity contribution in [3.63, 3.8) is 0 Å². The van der Waals surface area contributed by atoms with Gasteiger partial charge in [0.2, 0.25) is 0 Å². The lowest BCUT2D eigenvalue weighted by molar-refractivity contribution is -0.383. The van der Waals surface area contributed by atoms with Crippen molar-refractivity contribution in [3.8, 4) is 11.9 Å². The number of nitro benzene ring substituents is 1. The Morgan fingerprint density at radius 1 is 1.53 bits per heavy atom. The van der Waals surface area contributed by atoms with Crippen molar-refractivity contribution in [2.45, 2.75) is 0 Å². The Bertz CT molecular complexity index is 586. The summed E-state index contributed by atoms with van der Waals surface area (Å²) >= 11 is 0. The number of nitro groups is 1. The Kier molecular flexibility index (Phi) is 2.61. The highest BCUT2D eigenvalue weighted by molar-refractivity contribution is 5.66. The maximum Gasteiger partial charge on any atom is 0.295 e.